The maximum Gasteiger partial charge on any atom is 0.264 e. The lowest BCUT2D eigenvalue weighted by Crippen LogP contribution is -2.52. The molecule has 7 nitrogen and oxygen atoms in total. The number of rotatable bonds is 10. The quantitative estimate of drug-likeness (QED) is 0.270. The zero-order chi connectivity index (χ0) is 28.9. The van der Waals surface area contributed by atoms with Crippen molar-refractivity contribution >= 4 is 66.7 Å². The molecule has 1 aliphatic carbocycles. The lowest BCUT2D eigenvalue weighted by molar-refractivity contribution is -0.139. The summed E-state index contributed by atoms with van der Waals surface area (Å²) in [5, 5.41) is 3.43. The van der Waals surface area contributed by atoms with Gasteiger partial charge in [0, 0.05) is 22.1 Å². The minimum atomic E-state index is -4.23. The third-order valence-corrected chi connectivity index (χ3v) is 9.72. The van der Waals surface area contributed by atoms with Crippen LogP contribution >= 0.6 is 39.1 Å². The normalized spacial score (nSPS) is 14.5. The van der Waals surface area contributed by atoms with E-state index in [0.29, 0.717) is 0 Å². The van der Waals surface area contributed by atoms with Gasteiger partial charge in [-0.05, 0) is 67.8 Å². The summed E-state index contributed by atoms with van der Waals surface area (Å²) in [6, 6.07) is 18.8. The number of anilines is 1. The molecule has 1 fully saturated rings. The zero-order valence-electron chi connectivity index (χ0n) is 21.9. The van der Waals surface area contributed by atoms with Gasteiger partial charge in [0.1, 0.15) is 12.6 Å². The van der Waals surface area contributed by atoms with Crippen LogP contribution in [0.25, 0.3) is 0 Å². The Balaban J connectivity index is 1.71. The first-order valence-electron chi connectivity index (χ1n) is 12.9. The van der Waals surface area contributed by atoms with Gasteiger partial charge < -0.3 is 10.2 Å². The molecule has 0 spiro atoms. The van der Waals surface area contributed by atoms with Crippen molar-refractivity contribution in [1.29, 1.82) is 0 Å². The van der Waals surface area contributed by atoms with E-state index < -0.39 is 28.5 Å². The van der Waals surface area contributed by atoms with Crippen LogP contribution in [0, 0.1) is 0 Å². The van der Waals surface area contributed by atoms with E-state index in [-0.39, 0.29) is 39.1 Å². The summed E-state index contributed by atoms with van der Waals surface area (Å²) in [7, 11) is -4.23. The average Bonchev–Trinajstić information content (AvgIpc) is 3.45. The first kappa shape index (κ1) is 30.4. The Morgan fingerprint density at radius 2 is 1.70 bits per heavy atom. The summed E-state index contributed by atoms with van der Waals surface area (Å²) in [6.07, 6.45) is 3.89. The summed E-state index contributed by atoms with van der Waals surface area (Å²) < 4.78 is 29.5. The Morgan fingerprint density at radius 3 is 2.38 bits per heavy atom. The minimum absolute atomic E-state index is 0.00981. The Morgan fingerprint density at radius 1 is 1.00 bits per heavy atom. The van der Waals surface area contributed by atoms with E-state index in [4.69, 9.17) is 23.2 Å². The van der Waals surface area contributed by atoms with E-state index in [9.17, 15) is 18.0 Å². The number of hydrogen-bond acceptors (Lipinski definition) is 4. The van der Waals surface area contributed by atoms with Crippen molar-refractivity contribution in [2.45, 2.75) is 56.1 Å². The van der Waals surface area contributed by atoms with E-state index in [0.717, 1.165) is 40.0 Å². The smallest absolute Gasteiger partial charge is 0.264 e. The second-order valence-electron chi connectivity index (χ2n) is 9.74. The maximum atomic E-state index is 14.0. The van der Waals surface area contributed by atoms with Gasteiger partial charge in [0.15, 0.2) is 0 Å². The molecular weight excluding hydrogens is 637 g/mol. The fraction of sp³-hybridized carbons (Fsp3) is 0.310. The van der Waals surface area contributed by atoms with Gasteiger partial charge >= 0.3 is 0 Å². The Kier molecular flexibility index (Phi) is 10.2. The van der Waals surface area contributed by atoms with E-state index >= 15 is 0 Å². The van der Waals surface area contributed by atoms with Gasteiger partial charge in [-0.15, -0.1) is 0 Å². The van der Waals surface area contributed by atoms with Crippen LogP contribution in [0.2, 0.25) is 10.0 Å². The van der Waals surface area contributed by atoms with Crippen LogP contribution in [0.3, 0.4) is 0 Å². The maximum absolute atomic E-state index is 14.0. The molecule has 3 aromatic rings. The SMILES string of the molecule is CC(C(=O)NC1CCCC1)N(Cc1cccc(Br)c1)C(=O)CN(c1cc(Cl)ccc1Cl)S(=O)(=O)c1ccccc1. The first-order chi connectivity index (χ1) is 19.1. The molecule has 212 valence electrons. The minimum Gasteiger partial charge on any atom is -0.352 e. The number of benzene rings is 3. The number of halogens is 3. The van der Waals surface area contributed by atoms with E-state index in [2.05, 4.69) is 21.2 Å². The monoisotopic (exact) mass is 665 g/mol. The molecule has 1 N–H and O–H groups in total. The van der Waals surface area contributed by atoms with Crippen molar-refractivity contribution in [1.82, 2.24) is 10.2 Å². The summed E-state index contributed by atoms with van der Waals surface area (Å²) in [6.45, 7) is 1.16. The third kappa shape index (κ3) is 7.37. The second-order valence-corrected chi connectivity index (χ2v) is 13.4. The Bertz CT molecular complexity index is 1470. The number of sulfonamides is 1. The van der Waals surface area contributed by atoms with Gasteiger partial charge in [-0.3, -0.25) is 13.9 Å². The van der Waals surface area contributed by atoms with E-state index in [1.54, 1.807) is 25.1 Å². The Labute approximate surface area is 253 Å². The van der Waals surface area contributed by atoms with E-state index in [1.807, 2.05) is 24.3 Å². The highest BCUT2D eigenvalue weighted by Crippen LogP contribution is 2.33. The van der Waals surface area contributed by atoms with E-state index in [1.165, 1.54) is 35.2 Å². The van der Waals surface area contributed by atoms with Gasteiger partial charge in [-0.1, -0.05) is 82.3 Å². The van der Waals surface area contributed by atoms with Gasteiger partial charge in [-0.25, -0.2) is 8.42 Å². The highest BCUT2D eigenvalue weighted by molar-refractivity contribution is 9.10. The molecule has 0 aliphatic heterocycles. The van der Waals surface area contributed by atoms with Gasteiger partial charge in [0.05, 0.1) is 15.6 Å². The molecule has 0 radical (unpaired) electrons. The molecule has 40 heavy (non-hydrogen) atoms. The Hall–Kier alpha value is -2.59. The zero-order valence-corrected chi connectivity index (χ0v) is 25.8. The molecule has 0 bridgehead atoms. The predicted molar refractivity (Wildman–Crippen MR) is 162 cm³/mol. The summed E-state index contributed by atoms with van der Waals surface area (Å²) in [4.78, 5) is 28.7. The molecule has 3 aromatic carbocycles. The van der Waals surface area contributed by atoms with Crippen LogP contribution in [0.5, 0.6) is 0 Å². The fourth-order valence-electron chi connectivity index (χ4n) is 4.72. The van der Waals surface area contributed by atoms with Crippen LogP contribution in [-0.4, -0.2) is 43.8 Å². The molecule has 0 saturated heterocycles. The number of carbonyl (C=O) groups is 2. The molecular formula is C29H30BrCl2N3O4S. The molecule has 0 aromatic heterocycles. The van der Waals surface area contributed by atoms with Crippen molar-refractivity contribution in [3.05, 3.63) is 92.9 Å². The van der Waals surface area contributed by atoms with Gasteiger partial charge in [-0.2, -0.15) is 0 Å². The highest BCUT2D eigenvalue weighted by Gasteiger charge is 2.34. The second kappa shape index (κ2) is 13.4. The van der Waals surface area contributed by atoms with Gasteiger partial charge in [0.25, 0.3) is 10.0 Å². The number of nitrogens with zero attached hydrogens (tertiary/aromatic N) is 2. The molecule has 1 aliphatic rings. The van der Waals surface area contributed by atoms with Crippen molar-refractivity contribution in [3.63, 3.8) is 0 Å². The molecule has 11 heteroatoms. The average molecular weight is 667 g/mol. The molecule has 1 unspecified atom stereocenters. The number of nitrogens with one attached hydrogen (secondary N) is 1. The van der Waals surface area contributed by atoms with Crippen LogP contribution < -0.4 is 9.62 Å². The molecule has 4 rings (SSSR count). The van der Waals surface area contributed by atoms with Crippen LogP contribution in [0.1, 0.15) is 38.2 Å². The number of hydrogen-bond donors (Lipinski definition) is 1. The lowest BCUT2D eigenvalue weighted by atomic mass is 10.1. The number of carbonyl (C=O) groups excluding carboxylic acids is 2. The van der Waals surface area contributed by atoms with Crippen LogP contribution in [0.4, 0.5) is 5.69 Å². The largest absolute Gasteiger partial charge is 0.352 e. The topological polar surface area (TPSA) is 86.8 Å². The molecule has 1 saturated carbocycles. The molecule has 0 heterocycles. The highest BCUT2D eigenvalue weighted by atomic mass is 79.9. The predicted octanol–water partition coefficient (Wildman–Crippen LogP) is 6.43. The molecule has 2 amide bonds. The summed E-state index contributed by atoms with van der Waals surface area (Å²) in [5.74, 6) is -0.849. The van der Waals surface area contributed by atoms with Crippen LogP contribution in [0.15, 0.2) is 82.2 Å². The number of amides is 2. The van der Waals surface area contributed by atoms with Crippen molar-refractivity contribution < 1.29 is 18.0 Å². The first-order valence-corrected chi connectivity index (χ1v) is 15.9. The van der Waals surface area contributed by atoms with Crippen molar-refractivity contribution in [2.24, 2.45) is 0 Å². The van der Waals surface area contributed by atoms with Gasteiger partial charge in [0.2, 0.25) is 11.8 Å². The third-order valence-electron chi connectivity index (χ3n) is 6.90. The standard InChI is InChI=1S/C29H30BrCl2N3O4S/c1-20(29(37)33-24-10-5-6-11-24)34(18-21-8-7-9-22(30)16-21)28(36)19-35(27-17-23(31)14-15-26(27)32)40(38,39)25-12-3-2-4-13-25/h2-4,7-9,12-17,20,24H,5-6,10-11,18-19H2,1H3,(H,33,37). The fourth-order valence-corrected chi connectivity index (χ4v) is 7.05. The summed E-state index contributed by atoms with van der Waals surface area (Å²) in [5.41, 5.74) is 0.846. The van der Waals surface area contributed by atoms with Crippen LogP contribution in [-0.2, 0) is 26.2 Å². The van der Waals surface area contributed by atoms with Crippen molar-refractivity contribution in [2.75, 3.05) is 10.8 Å². The van der Waals surface area contributed by atoms with Crippen molar-refractivity contribution in [3.8, 4) is 0 Å². The molecule has 1 atom stereocenters. The lowest BCUT2D eigenvalue weighted by Gasteiger charge is -2.32. The summed E-state index contributed by atoms with van der Waals surface area (Å²) >= 11 is 16.1.